The summed E-state index contributed by atoms with van der Waals surface area (Å²) in [4.78, 5) is 13.4. The molecule has 5 heteroatoms. The number of benzene rings is 1. The Hall–Kier alpha value is -1.75. The Morgan fingerprint density at radius 3 is 2.86 bits per heavy atom. The fourth-order valence-corrected chi connectivity index (χ4v) is 2.97. The van der Waals surface area contributed by atoms with E-state index in [2.05, 4.69) is 4.90 Å². The third-order valence-electron chi connectivity index (χ3n) is 3.98. The van der Waals surface area contributed by atoms with Crippen molar-refractivity contribution in [1.29, 1.82) is 0 Å². The molecule has 1 aromatic carbocycles. The maximum Gasteiger partial charge on any atom is 0.217 e. The second-order valence-electron chi connectivity index (χ2n) is 5.59. The van der Waals surface area contributed by atoms with E-state index in [1.807, 2.05) is 18.2 Å². The summed E-state index contributed by atoms with van der Waals surface area (Å²) in [6.45, 7) is 2.78. The molecule has 0 spiro atoms. The van der Waals surface area contributed by atoms with Gasteiger partial charge in [-0.3, -0.25) is 9.69 Å². The Balaban J connectivity index is 2.02. The summed E-state index contributed by atoms with van der Waals surface area (Å²) in [5.74, 6) is 1.80. The lowest BCUT2D eigenvalue weighted by atomic mass is 9.94. The van der Waals surface area contributed by atoms with E-state index < -0.39 is 0 Å². The highest BCUT2D eigenvalue weighted by Gasteiger charge is 2.22. The van der Waals surface area contributed by atoms with Gasteiger partial charge in [-0.15, -0.1) is 0 Å². The number of nitrogens with two attached hydrogens (primary N) is 1. The van der Waals surface area contributed by atoms with Crippen molar-refractivity contribution < 1.29 is 14.3 Å². The molecule has 1 saturated heterocycles. The number of hydrogen-bond acceptors (Lipinski definition) is 4. The molecule has 1 aliphatic heterocycles. The Labute approximate surface area is 126 Å². The first-order valence-electron chi connectivity index (χ1n) is 7.34. The van der Waals surface area contributed by atoms with Crippen LogP contribution in [0.15, 0.2) is 18.2 Å². The lowest BCUT2D eigenvalue weighted by Gasteiger charge is -2.32. The Bertz CT molecular complexity index is 490. The molecule has 1 atom stereocenters. The normalized spacial score (nSPS) is 19.2. The Kier molecular flexibility index (Phi) is 5.44. The number of amides is 1. The summed E-state index contributed by atoms with van der Waals surface area (Å²) in [5.41, 5.74) is 6.44. The molecule has 1 amide bonds. The maximum atomic E-state index is 11.1. The first-order valence-corrected chi connectivity index (χ1v) is 7.34. The van der Waals surface area contributed by atoms with Gasteiger partial charge in [-0.25, -0.2) is 0 Å². The van der Waals surface area contributed by atoms with E-state index in [-0.39, 0.29) is 5.91 Å². The number of rotatable bonds is 6. The first kappa shape index (κ1) is 15.6. The van der Waals surface area contributed by atoms with Gasteiger partial charge in [0, 0.05) is 31.1 Å². The number of piperidine rings is 1. The van der Waals surface area contributed by atoms with Crippen LogP contribution in [0.3, 0.4) is 0 Å². The van der Waals surface area contributed by atoms with Crippen LogP contribution in [0.1, 0.15) is 24.8 Å². The van der Waals surface area contributed by atoms with Gasteiger partial charge in [0.1, 0.15) is 11.5 Å². The minimum Gasteiger partial charge on any atom is -0.497 e. The molecule has 5 nitrogen and oxygen atoms in total. The molecule has 0 bridgehead atoms. The number of likely N-dealkylation sites (tertiary alicyclic amines) is 1. The summed E-state index contributed by atoms with van der Waals surface area (Å²) < 4.78 is 10.7. The van der Waals surface area contributed by atoms with Crippen LogP contribution in [0.5, 0.6) is 11.5 Å². The summed E-state index contributed by atoms with van der Waals surface area (Å²) in [5, 5.41) is 0. The fourth-order valence-electron chi connectivity index (χ4n) is 2.97. The number of methoxy groups -OCH3 is 2. The molecule has 0 saturated carbocycles. The zero-order valence-corrected chi connectivity index (χ0v) is 12.8. The van der Waals surface area contributed by atoms with Crippen LogP contribution in [0, 0.1) is 5.92 Å². The minimum absolute atomic E-state index is 0.205. The Morgan fingerprint density at radius 2 is 2.19 bits per heavy atom. The Morgan fingerprint density at radius 1 is 1.38 bits per heavy atom. The predicted molar refractivity (Wildman–Crippen MR) is 81.4 cm³/mol. The maximum absolute atomic E-state index is 11.1. The number of primary amides is 1. The van der Waals surface area contributed by atoms with Gasteiger partial charge in [-0.05, 0) is 31.4 Å². The molecule has 1 fully saturated rings. The van der Waals surface area contributed by atoms with Crippen molar-refractivity contribution in [1.82, 2.24) is 4.90 Å². The highest BCUT2D eigenvalue weighted by atomic mass is 16.5. The predicted octanol–water partition coefficient (Wildman–Crippen LogP) is 1.79. The van der Waals surface area contributed by atoms with Gasteiger partial charge < -0.3 is 15.2 Å². The van der Waals surface area contributed by atoms with Crippen LogP contribution in [-0.2, 0) is 11.3 Å². The number of carbonyl (C=O) groups excluding carboxylic acids is 1. The minimum atomic E-state index is -0.205. The van der Waals surface area contributed by atoms with Crippen molar-refractivity contribution in [3.63, 3.8) is 0 Å². The number of carbonyl (C=O) groups is 1. The second kappa shape index (κ2) is 7.31. The third-order valence-corrected chi connectivity index (χ3v) is 3.98. The zero-order chi connectivity index (χ0) is 15.2. The van der Waals surface area contributed by atoms with Crippen molar-refractivity contribution in [3.8, 4) is 11.5 Å². The van der Waals surface area contributed by atoms with Crippen LogP contribution < -0.4 is 15.2 Å². The summed E-state index contributed by atoms with van der Waals surface area (Å²) in [6, 6.07) is 5.89. The van der Waals surface area contributed by atoms with E-state index in [9.17, 15) is 4.79 Å². The number of nitrogens with zero attached hydrogens (tertiary/aromatic N) is 1. The molecule has 2 rings (SSSR count). The van der Waals surface area contributed by atoms with E-state index in [1.54, 1.807) is 14.2 Å². The van der Waals surface area contributed by atoms with Crippen LogP contribution in [0.2, 0.25) is 0 Å². The monoisotopic (exact) mass is 292 g/mol. The third kappa shape index (κ3) is 4.36. The quantitative estimate of drug-likeness (QED) is 0.868. The van der Waals surface area contributed by atoms with E-state index >= 15 is 0 Å². The summed E-state index contributed by atoms with van der Waals surface area (Å²) in [7, 11) is 3.32. The van der Waals surface area contributed by atoms with Gasteiger partial charge in [0.25, 0.3) is 0 Å². The molecule has 1 unspecified atom stereocenters. The number of hydrogen-bond donors (Lipinski definition) is 1. The molecule has 0 aromatic heterocycles. The van der Waals surface area contributed by atoms with Gasteiger partial charge in [0.2, 0.25) is 5.91 Å². The van der Waals surface area contributed by atoms with Gasteiger partial charge in [-0.1, -0.05) is 6.07 Å². The SMILES string of the molecule is COc1ccc(CN2CCCC(CC(N)=O)C2)c(OC)c1. The lowest BCUT2D eigenvalue weighted by molar-refractivity contribution is -0.119. The highest BCUT2D eigenvalue weighted by molar-refractivity contribution is 5.74. The topological polar surface area (TPSA) is 64.8 Å². The first-order chi connectivity index (χ1) is 10.1. The van der Waals surface area contributed by atoms with Crippen LogP contribution in [0.25, 0.3) is 0 Å². The van der Waals surface area contributed by atoms with Crippen molar-refractivity contribution in [2.24, 2.45) is 11.7 Å². The van der Waals surface area contributed by atoms with E-state index in [0.29, 0.717) is 12.3 Å². The molecule has 1 aliphatic rings. The van der Waals surface area contributed by atoms with Gasteiger partial charge in [0.15, 0.2) is 0 Å². The van der Waals surface area contributed by atoms with Crippen LogP contribution >= 0.6 is 0 Å². The number of ether oxygens (including phenoxy) is 2. The molecule has 2 N–H and O–H groups in total. The molecule has 116 valence electrons. The largest absolute Gasteiger partial charge is 0.497 e. The van der Waals surface area contributed by atoms with Crippen molar-refractivity contribution >= 4 is 5.91 Å². The van der Waals surface area contributed by atoms with E-state index in [0.717, 1.165) is 49.5 Å². The van der Waals surface area contributed by atoms with Gasteiger partial charge in [-0.2, -0.15) is 0 Å². The average molecular weight is 292 g/mol. The molecular weight excluding hydrogens is 268 g/mol. The second-order valence-corrected chi connectivity index (χ2v) is 5.59. The molecule has 0 aliphatic carbocycles. The standard InChI is InChI=1S/C16H24N2O3/c1-20-14-6-5-13(15(9-14)21-2)11-18-7-3-4-12(10-18)8-16(17)19/h5-6,9,12H,3-4,7-8,10-11H2,1-2H3,(H2,17,19). The molecular formula is C16H24N2O3. The van der Waals surface area contributed by atoms with Gasteiger partial charge >= 0.3 is 0 Å². The highest BCUT2D eigenvalue weighted by Crippen LogP contribution is 2.28. The average Bonchev–Trinajstić information content (AvgIpc) is 2.47. The van der Waals surface area contributed by atoms with E-state index in [1.165, 1.54) is 0 Å². The van der Waals surface area contributed by atoms with Crippen LogP contribution in [0.4, 0.5) is 0 Å². The summed E-state index contributed by atoms with van der Waals surface area (Å²) >= 11 is 0. The molecule has 21 heavy (non-hydrogen) atoms. The van der Waals surface area contributed by atoms with Crippen molar-refractivity contribution in [2.75, 3.05) is 27.3 Å². The summed E-state index contributed by atoms with van der Waals surface area (Å²) in [6.07, 6.45) is 2.67. The fraction of sp³-hybridized carbons (Fsp3) is 0.562. The molecule has 1 aromatic rings. The van der Waals surface area contributed by atoms with Crippen LogP contribution in [-0.4, -0.2) is 38.1 Å². The van der Waals surface area contributed by atoms with Crippen molar-refractivity contribution in [2.45, 2.75) is 25.8 Å². The van der Waals surface area contributed by atoms with E-state index in [4.69, 9.17) is 15.2 Å². The molecule has 0 radical (unpaired) electrons. The zero-order valence-electron chi connectivity index (χ0n) is 12.8. The van der Waals surface area contributed by atoms with Gasteiger partial charge in [0.05, 0.1) is 14.2 Å². The molecule has 1 heterocycles. The lowest BCUT2D eigenvalue weighted by Crippen LogP contribution is -2.36. The van der Waals surface area contributed by atoms with Crippen molar-refractivity contribution in [3.05, 3.63) is 23.8 Å². The smallest absolute Gasteiger partial charge is 0.217 e.